The van der Waals surface area contributed by atoms with E-state index in [4.69, 9.17) is 0 Å². The van der Waals surface area contributed by atoms with Gasteiger partial charge in [-0.15, -0.1) is 0 Å². The lowest BCUT2D eigenvalue weighted by molar-refractivity contribution is 0.666. The third-order valence-electron chi connectivity index (χ3n) is 5.44. The summed E-state index contributed by atoms with van der Waals surface area (Å²) >= 11 is 0. The predicted octanol–water partition coefficient (Wildman–Crippen LogP) is 7.33. The van der Waals surface area contributed by atoms with Gasteiger partial charge in [0.15, 0.2) is 0 Å². The minimum atomic E-state index is 0.0495. The molecule has 0 fully saturated rings. The van der Waals surface area contributed by atoms with Gasteiger partial charge in [0.25, 0.3) is 0 Å². The van der Waals surface area contributed by atoms with Crippen LogP contribution in [-0.4, -0.2) is 0 Å². The van der Waals surface area contributed by atoms with Crippen LogP contribution in [0.1, 0.15) is 38.8 Å². The first-order valence-corrected chi connectivity index (χ1v) is 9.23. The smallest absolute Gasteiger partial charge is 0.0165 e. The molecule has 1 aliphatic carbocycles. The standard InChI is InChI=1S/C23H18.C2H6/c1-23(2)21-10-6-5-9-18(21)20-14-13-17-16-8-4-3-7-15(16)11-12-19(17)22(20)23;1-2/h3-14H,1-2H3;1-2H3. The van der Waals surface area contributed by atoms with E-state index in [1.165, 1.54) is 43.8 Å². The third kappa shape index (κ3) is 2.14. The maximum Gasteiger partial charge on any atom is 0.0165 e. The lowest BCUT2D eigenvalue weighted by Crippen LogP contribution is -2.15. The molecule has 25 heavy (non-hydrogen) atoms. The quantitative estimate of drug-likeness (QED) is 0.297. The van der Waals surface area contributed by atoms with E-state index in [2.05, 4.69) is 86.6 Å². The normalized spacial score (nSPS) is 13.9. The Balaban J connectivity index is 0.000000758. The van der Waals surface area contributed by atoms with Gasteiger partial charge >= 0.3 is 0 Å². The molecule has 0 aromatic heterocycles. The average molecular weight is 324 g/mol. The van der Waals surface area contributed by atoms with Gasteiger partial charge in [0.1, 0.15) is 0 Å². The van der Waals surface area contributed by atoms with Crippen molar-refractivity contribution in [3.8, 4) is 11.1 Å². The molecule has 124 valence electrons. The Bertz CT molecular complexity index is 1080. The first-order valence-electron chi connectivity index (χ1n) is 9.23. The third-order valence-corrected chi connectivity index (χ3v) is 5.44. The Morgan fingerprint density at radius 2 is 1.24 bits per heavy atom. The van der Waals surface area contributed by atoms with Crippen LogP contribution < -0.4 is 0 Å². The molecule has 0 nitrogen and oxygen atoms in total. The van der Waals surface area contributed by atoms with Gasteiger partial charge in [0, 0.05) is 5.41 Å². The molecular formula is C25H24. The van der Waals surface area contributed by atoms with Gasteiger partial charge in [-0.25, -0.2) is 0 Å². The lowest BCUT2D eigenvalue weighted by atomic mass is 9.80. The van der Waals surface area contributed by atoms with Crippen molar-refractivity contribution in [2.24, 2.45) is 0 Å². The predicted molar refractivity (Wildman–Crippen MR) is 110 cm³/mol. The molecule has 5 rings (SSSR count). The monoisotopic (exact) mass is 324 g/mol. The topological polar surface area (TPSA) is 0 Å². The summed E-state index contributed by atoms with van der Waals surface area (Å²) in [5, 5.41) is 5.41. The second kappa shape index (κ2) is 5.74. The van der Waals surface area contributed by atoms with Gasteiger partial charge in [-0.1, -0.05) is 100 Å². The molecule has 0 unspecified atom stereocenters. The summed E-state index contributed by atoms with van der Waals surface area (Å²) in [5.41, 5.74) is 5.75. The number of hydrogen-bond donors (Lipinski definition) is 0. The molecule has 0 aliphatic heterocycles. The molecule has 0 heteroatoms. The Kier molecular flexibility index (Phi) is 3.65. The molecule has 0 atom stereocenters. The first-order chi connectivity index (χ1) is 12.2. The molecule has 0 amide bonds. The fourth-order valence-corrected chi connectivity index (χ4v) is 4.38. The molecule has 4 aromatic carbocycles. The van der Waals surface area contributed by atoms with Crippen molar-refractivity contribution in [1.29, 1.82) is 0 Å². The van der Waals surface area contributed by atoms with Crippen LogP contribution in [0.2, 0.25) is 0 Å². The van der Waals surface area contributed by atoms with Crippen LogP contribution in [0, 0.1) is 0 Å². The van der Waals surface area contributed by atoms with Gasteiger partial charge in [-0.3, -0.25) is 0 Å². The van der Waals surface area contributed by atoms with E-state index in [1.807, 2.05) is 13.8 Å². The summed E-state index contributed by atoms with van der Waals surface area (Å²) in [6.45, 7) is 8.71. The lowest BCUT2D eigenvalue weighted by Gasteiger charge is -2.23. The Labute approximate surface area is 150 Å². The summed E-state index contributed by atoms with van der Waals surface area (Å²) in [5.74, 6) is 0. The molecule has 0 saturated carbocycles. The van der Waals surface area contributed by atoms with E-state index in [0.29, 0.717) is 0 Å². The van der Waals surface area contributed by atoms with Crippen molar-refractivity contribution in [1.82, 2.24) is 0 Å². The largest absolute Gasteiger partial charge is 0.0683 e. The van der Waals surface area contributed by atoms with Crippen LogP contribution in [0.5, 0.6) is 0 Å². The van der Waals surface area contributed by atoms with E-state index in [-0.39, 0.29) is 5.41 Å². The number of fused-ring (bicyclic) bond motifs is 7. The highest BCUT2D eigenvalue weighted by Crippen LogP contribution is 2.51. The van der Waals surface area contributed by atoms with Crippen molar-refractivity contribution >= 4 is 21.5 Å². The zero-order chi connectivity index (χ0) is 17.6. The van der Waals surface area contributed by atoms with Gasteiger partial charge in [-0.2, -0.15) is 0 Å². The minimum Gasteiger partial charge on any atom is -0.0683 e. The number of hydrogen-bond acceptors (Lipinski definition) is 0. The van der Waals surface area contributed by atoms with E-state index < -0.39 is 0 Å². The van der Waals surface area contributed by atoms with E-state index in [9.17, 15) is 0 Å². The zero-order valence-electron chi connectivity index (χ0n) is 15.4. The molecule has 0 spiro atoms. The fraction of sp³-hybridized carbons (Fsp3) is 0.200. The summed E-state index contributed by atoms with van der Waals surface area (Å²) < 4.78 is 0. The van der Waals surface area contributed by atoms with E-state index in [1.54, 1.807) is 0 Å². The summed E-state index contributed by atoms with van der Waals surface area (Å²) in [6.07, 6.45) is 0. The maximum absolute atomic E-state index is 2.35. The van der Waals surface area contributed by atoms with Gasteiger partial charge < -0.3 is 0 Å². The SMILES string of the molecule is CC.CC1(C)c2ccccc2-c2ccc3c(ccc4ccccc43)c21. The Hall–Kier alpha value is -2.60. The first kappa shape index (κ1) is 15.9. The van der Waals surface area contributed by atoms with Gasteiger partial charge in [0.2, 0.25) is 0 Å². The second-order valence-electron chi connectivity index (χ2n) is 7.04. The van der Waals surface area contributed by atoms with Crippen molar-refractivity contribution in [2.45, 2.75) is 33.1 Å². The molecule has 0 radical (unpaired) electrons. The van der Waals surface area contributed by atoms with Crippen LogP contribution in [0.25, 0.3) is 32.7 Å². The number of benzene rings is 4. The highest BCUT2D eigenvalue weighted by molar-refractivity contribution is 6.11. The highest BCUT2D eigenvalue weighted by Gasteiger charge is 2.36. The number of rotatable bonds is 0. The van der Waals surface area contributed by atoms with Crippen molar-refractivity contribution in [3.05, 3.63) is 83.9 Å². The van der Waals surface area contributed by atoms with Crippen molar-refractivity contribution in [3.63, 3.8) is 0 Å². The summed E-state index contributed by atoms with van der Waals surface area (Å²) in [7, 11) is 0. The minimum absolute atomic E-state index is 0.0495. The second-order valence-corrected chi connectivity index (χ2v) is 7.04. The maximum atomic E-state index is 2.35. The molecule has 0 N–H and O–H groups in total. The van der Waals surface area contributed by atoms with Gasteiger partial charge in [-0.05, 0) is 43.8 Å². The highest BCUT2D eigenvalue weighted by atomic mass is 14.4. The molecule has 1 aliphatic rings. The van der Waals surface area contributed by atoms with Crippen molar-refractivity contribution < 1.29 is 0 Å². The molecule has 0 heterocycles. The van der Waals surface area contributed by atoms with E-state index in [0.717, 1.165) is 0 Å². The molecule has 0 saturated heterocycles. The van der Waals surface area contributed by atoms with Crippen LogP contribution in [0.3, 0.4) is 0 Å². The van der Waals surface area contributed by atoms with Crippen molar-refractivity contribution in [2.75, 3.05) is 0 Å². The van der Waals surface area contributed by atoms with Crippen LogP contribution >= 0.6 is 0 Å². The molecule has 0 bridgehead atoms. The zero-order valence-corrected chi connectivity index (χ0v) is 15.4. The molecular weight excluding hydrogens is 300 g/mol. The summed E-state index contributed by atoms with van der Waals surface area (Å²) in [6, 6.07) is 26.7. The Morgan fingerprint density at radius 1 is 0.560 bits per heavy atom. The van der Waals surface area contributed by atoms with Gasteiger partial charge in [0.05, 0.1) is 0 Å². The van der Waals surface area contributed by atoms with Crippen LogP contribution in [0.4, 0.5) is 0 Å². The Morgan fingerprint density at radius 3 is 2.08 bits per heavy atom. The van der Waals surface area contributed by atoms with Crippen LogP contribution in [-0.2, 0) is 5.41 Å². The molecule has 4 aromatic rings. The fourth-order valence-electron chi connectivity index (χ4n) is 4.38. The van der Waals surface area contributed by atoms with Crippen LogP contribution in [0.15, 0.2) is 72.8 Å². The van der Waals surface area contributed by atoms with E-state index >= 15 is 0 Å². The summed E-state index contributed by atoms with van der Waals surface area (Å²) in [4.78, 5) is 0. The average Bonchev–Trinajstić information content (AvgIpc) is 2.91.